The van der Waals surface area contributed by atoms with Crippen LogP contribution in [0.2, 0.25) is 0 Å². The van der Waals surface area contributed by atoms with Crippen molar-refractivity contribution in [1.82, 2.24) is 9.29 Å². The minimum atomic E-state index is -3.93. The van der Waals surface area contributed by atoms with Crippen molar-refractivity contribution >= 4 is 20.9 Å². The second-order valence-corrected chi connectivity index (χ2v) is 8.53. The summed E-state index contributed by atoms with van der Waals surface area (Å²) in [6, 6.07) is 9.69. The van der Waals surface area contributed by atoms with E-state index in [4.69, 9.17) is 4.74 Å². The first-order chi connectivity index (χ1) is 13.0. The third kappa shape index (κ3) is 2.82. The first kappa shape index (κ1) is 18.0. The van der Waals surface area contributed by atoms with E-state index in [1.807, 2.05) is 7.05 Å². The zero-order valence-corrected chi connectivity index (χ0v) is 16.0. The Hall–Kier alpha value is -2.38. The van der Waals surface area contributed by atoms with Gasteiger partial charge in [-0.25, -0.2) is 16.8 Å². The van der Waals surface area contributed by atoms with E-state index in [0.29, 0.717) is 24.0 Å². The van der Waals surface area contributed by atoms with Crippen LogP contribution in [0.25, 0.3) is 10.9 Å². The molecule has 5 nitrogen and oxygen atoms in total. The lowest BCUT2D eigenvalue weighted by atomic mass is 9.87. The summed E-state index contributed by atoms with van der Waals surface area (Å²) in [6.07, 6.45) is 3.56. The molecule has 1 aliphatic carbocycles. The number of hydrogen-bond donors (Lipinski definition) is 1. The summed E-state index contributed by atoms with van der Waals surface area (Å²) >= 11 is 0. The van der Waals surface area contributed by atoms with Gasteiger partial charge >= 0.3 is 0 Å². The number of fused-ring (bicyclic) bond motifs is 2. The van der Waals surface area contributed by atoms with Gasteiger partial charge in [0.1, 0.15) is 11.6 Å². The maximum absolute atomic E-state index is 14.4. The molecule has 0 spiro atoms. The van der Waals surface area contributed by atoms with E-state index >= 15 is 0 Å². The summed E-state index contributed by atoms with van der Waals surface area (Å²) in [7, 11) is -0.449. The molecule has 0 saturated carbocycles. The normalized spacial score (nSPS) is 17.1. The lowest BCUT2D eigenvalue weighted by Crippen LogP contribution is -2.32. The first-order valence-electron chi connectivity index (χ1n) is 8.84. The third-order valence-corrected chi connectivity index (χ3v) is 7.09. The van der Waals surface area contributed by atoms with Crippen LogP contribution < -0.4 is 10.1 Å². The number of hydrogen-bond acceptors (Lipinski definition) is 4. The highest BCUT2D eigenvalue weighted by atomic mass is 32.2. The molecule has 0 bridgehead atoms. The van der Waals surface area contributed by atoms with Gasteiger partial charge in [-0.05, 0) is 56.1 Å². The van der Waals surface area contributed by atoms with E-state index in [2.05, 4.69) is 5.32 Å². The first-order valence-corrected chi connectivity index (χ1v) is 10.3. The topological polar surface area (TPSA) is 60.3 Å². The predicted molar refractivity (Wildman–Crippen MR) is 102 cm³/mol. The lowest BCUT2D eigenvalue weighted by Gasteiger charge is -2.27. The maximum Gasteiger partial charge on any atom is 0.268 e. The third-order valence-electron chi connectivity index (χ3n) is 5.33. The van der Waals surface area contributed by atoms with Crippen LogP contribution >= 0.6 is 0 Å². The smallest absolute Gasteiger partial charge is 0.268 e. The maximum atomic E-state index is 14.4. The fraction of sp³-hybridized carbons (Fsp3) is 0.300. The summed E-state index contributed by atoms with van der Waals surface area (Å²) in [5, 5.41) is 3.81. The van der Waals surface area contributed by atoms with E-state index in [0.717, 1.165) is 21.5 Å². The molecule has 1 aliphatic rings. The number of halogens is 1. The van der Waals surface area contributed by atoms with E-state index in [9.17, 15) is 12.8 Å². The van der Waals surface area contributed by atoms with E-state index in [-0.39, 0.29) is 16.5 Å². The van der Waals surface area contributed by atoms with Crippen LogP contribution in [0.3, 0.4) is 0 Å². The van der Waals surface area contributed by atoms with Crippen LogP contribution in [0.1, 0.15) is 17.5 Å². The quantitative estimate of drug-likeness (QED) is 0.746. The van der Waals surface area contributed by atoms with Crippen LogP contribution in [0.4, 0.5) is 4.39 Å². The molecule has 7 heteroatoms. The fourth-order valence-electron chi connectivity index (χ4n) is 3.92. The van der Waals surface area contributed by atoms with Gasteiger partial charge in [0.05, 0.1) is 17.5 Å². The van der Waals surface area contributed by atoms with Crippen LogP contribution in [0.15, 0.2) is 47.5 Å². The molecule has 0 radical (unpaired) electrons. The van der Waals surface area contributed by atoms with Gasteiger partial charge in [0.25, 0.3) is 10.0 Å². The van der Waals surface area contributed by atoms with Gasteiger partial charge < -0.3 is 10.1 Å². The molecular weight excluding hydrogens is 367 g/mol. The monoisotopic (exact) mass is 388 g/mol. The Balaban J connectivity index is 1.93. The van der Waals surface area contributed by atoms with Crippen molar-refractivity contribution in [2.45, 2.75) is 30.2 Å². The Morgan fingerprint density at radius 2 is 2.00 bits per heavy atom. The molecule has 3 aromatic rings. The largest absolute Gasteiger partial charge is 0.496 e. The molecule has 0 saturated heterocycles. The van der Waals surface area contributed by atoms with Crippen molar-refractivity contribution in [1.29, 1.82) is 0 Å². The average Bonchev–Trinajstić information content (AvgIpc) is 3.13. The number of nitrogens with zero attached hydrogens (tertiary/aromatic N) is 1. The molecule has 142 valence electrons. The number of aromatic nitrogens is 1. The highest BCUT2D eigenvalue weighted by molar-refractivity contribution is 7.90. The highest BCUT2D eigenvalue weighted by Crippen LogP contribution is 2.36. The molecule has 4 rings (SSSR count). The van der Waals surface area contributed by atoms with Crippen molar-refractivity contribution in [2.75, 3.05) is 14.2 Å². The summed E-state index contributed by atoms with van der Waals surface area (Å²) in [4.78, 5) is 0.216. The number of para-hydroxylation sites is 1. The second-order valence-electron chi connectivity index (χ2n) is 6.75. The molecule has 1 heterocycles. The zero-order valence-electron chi connectivity index (χ0n) is 15.2. The number of rotatable bonds is 4. The number of nitrogens with one attached hydrogen (secondary N) is 1. The summed E-state index contributed by atoms with van der Waals surface area (Å²) in [6.45, 7) is 0. The van der Waals surface area contributed by atoms with Gasteiger partial charge in [0, 0.05) is 23.2 Å². The Bertz CT molecular complexity index is 1120. The minimum Gasteiger partial charge on any atom is -0.496 e. The predicted octanol–water partition coefficient (Wildman–Crippen LogP) is 3.10. The van der Waals surface area contributed by atoms with Gasteiger partial charge in [0.15, 0.2) is 0 Å². The van der Waals surface area contributed by atoms with Crippen LogP contribution in [0.5, 0.6) is 5.75 Å². The van der Waals surface area contributed by atoms with E-state index < -0.39 is 15.8 Å². The molecule has 1 N–H and O–H groups in total. The van der Waals surface area contributed by atoms with Crippen molar-refractivity contribution in [3.8, 4) is 5.75 Å². The highest BCUT2D eigenvalue weighted by Gasteiger charge is 2.30. The van der Waals surface area contributed by atoms with Crippen molar-refractivity contribution < 1.29 is 17.5 Å². The standard InChI is InChI=1S/C20H21FN2O3S/c1-22-14-6-7-15-16(12-14)18(26-2)8-9-19(15)27(24,25)23-11-10-13-4-3-5-17(21)20(13)23/h3-5,8-11,14,22H,6-7,12H2,1-2H3/t14-/m0/s1. The molecular formula is C20H21FN2O3S. The zero-order chi connectivity index (χ0) is 19.2. The van der Waals surface area contributed by atoms with Crippen molar-refractivity contribution in [2.24, 2.45) is 0 Å². The molecule has 0 unspecified atom stereocenters. The molecule has 0 aliphatic heterocycles. The fourth-order valence-corrected chi connectivity index (χ4v) is 5.56. The number of methoxy groups -OCH3 is 1. The summed E-state index contributed by atoms with van der Waals surface area (Å²) < 4.78 is 47.7. The summed E-state index contributed by atoms with van der Waals surface area (Å²) in [5.74, 6) is 0.131. The number of benzene rings is 2. The minimum absolute atomic E-state index is 0.0750. The second kappa shape index (κ2) is 6.65. The molecule has 1 atom stereocenters. The van der Waals surface area contributed by atoms with Gasteiger partial charge in [-0.2, -0.15) is 0 Å². The Kier molecular flexibility index (Phi) is 4.44. The SMILES string of the molecule is CN[C@H]1CCc2c(S(=O)(=O)n3ccc4cccc(F)c43)ccc(OC)c2C1. The molecule has 1 aromatic heterocycles. The number of likely N-dealkylation sites (N-methyl/N-ethyl adjacent to an activating group) is 1. The van der Waals surface area contributed by atoms with Gasteiger partial charge in [0.2, 0.25) is 0 Å². The van der Waals surface area contributed by atoms with Crippen molar-refractivity contribution in [3.63, 3.8) is 0 Å². The number of ether oxygens (including phenoxy) is 1. The van der Waals surface area contributed by atoms with Crippen LogP contribution in [-0.2, 0) is 22.9 Å². The lowest BCUT2D eigenvalue weighted by molar-refractivity contribution is 0.397. The van der Waals surface area contributed by atoms with Crippen LogP contribution in [-0.4, -0.2) is 32.6 Å². The van der Waals surface area contributed by atoms with Gasteiger partial charge in [-0.1, -0.05) is 12.1 Å². The Morgan fingerprint density at radius 1 is 1.19 bits per heavy atom. The van der Waals surface area contributed by atoms with E-state index in [1.165, 1.54) is 12.3 Å². The molecule has 0 amide bonds. The molecule has 0 fully saturated rings. The van der Waals surface area contributed by atoms with Gasteiger partial charge in [-0.15, -0.1) is 0 Å². The Labute approximate surface area is 157 Å². The van der Waals surface area contributed by atoms with Crippen molar-refractivity contribution in [3.05, 3.63) is 59.5 Å². The van der Waals surface area contributed by atoms with E-state index in [1.54, 1.807) is 37.4 Å². The molecule has 2 aromatic carbocycles. The average molecular weight is 388 g/mol. The van der Waals surface area contributed by atoms with Crippen LogP contribution in [0, 0.1) is 5.82 Å². The Morgan fingerprint density at radius 3 is 2.74 bits per heavy atom. The summed E-state index contributed by atoms with van der Waals surface area (Å²) in [5.41, 5.74) is 1.74. The van der Waals surface area contributed by atoms with Gasteiger partial charge in [-0.3, -0.25) is 0 Å². The molecule has 27 heavy (non-hydrogen) atoms.